The molecular weight excluding hydrogens is 231 g/mol. The van der Waals surface area contributed by atoms with E-state index in [-0.39, 0.29) is 17.1 Å². The Bertz CT molecular complexity index is 364. The summed E-state index contributed by atoms with van der Waals surface area (Å²) in [5.74, 6) is 0.392. The van der Waals surface area contributed by atoms with Crippen molar-refractivity contribution in [2.45, 2.75) is 11.8 Å². The molecule has 1 heterocycles. The molecule has 0 spiro atoms. The summed E-state index contributed by atoms with van der Waals surface area (Å²) in [6, 6.07) is 4.77. The minimum atomic E-state index is -0.326. The normalized spacial score (nSPS) is 22.1. The first kappa shape index (κ1) is 11.7. The molecule has 0 N–H and O–H groups in total. The summed E-state index contributed by atoms with van der Waals surface area (Å²) in [6.45, 7) is 1.32. The van der Waals surface area contributed by atoms with Crippen LogP contribution in [0.15, 0.2) is 18.2 Å². The van der Waals surface area contributed by atoms with E-state index >= 15 is 0 Å². The lowest BCUT2D eigenvalue weighted by molar-refractivity contribution is 0.185. The van der Waals surface area contributed by atoms with E-state index in [1.54, 1.807) is 12.1 Å². The van der Waals surface area contributed by atoms with E-state index in [1.165, 1.54) is 13.2 Å². The van der Waals surface area contributed by atoms with Crippen molar-refractivity contribution < 1.29 is 13.9 Å². The molecule has 0 amide bonds. The second-order valence-corrected chi connectivity index (χ2v) is 4.38. The molecule has 2 nitrogen and oxygen atoms in total. The third-order valence-electron chi connectivity index (χ3n) is 2.88. The molecule has 0 aromatic heterocycles. The maximum absolute atomic E-state index is 13.7. The summed E-state index contributed by atoms with van der Waals surface area (Å²) in [5.41, 5.74) is 0.526. The highest BCUT2D eigenvalue weighted by molar-refractivity contribution is 6.21. The lowest BCUT2D eigenvalue weighted by Gasteiger charge is -2.16. The standard InChI is InChI=1S/C12H14ClFO2/c1-15-9-2-3-10(11(14)6-9)12(13)8-4-5-16-7-8/h2-3,6,8,12H,4-5,7H2,1H3. The molecule has 2 unspecified atom stereocenters. The van der Waals surface area contributed by atoms with E-state index in [1.807, 2.05) is 0 Å². The van der Waals surface area contributed by atoms with Gasteiger partial charge >= 0.3 is 0 Å². The zero-order valence-electron chi connectivity index (χ0n) is 9.08. The Kier molecular flexibility index (Phi) is 3.66. The molecule has 1 fully saturated rings. The van der Waals surface area contributed by atoms with Gasteiger partial charge in [-0.15, -0.1) is 11.6 Å². The van der Waals surface area contributed by atoms with Gasteiger partial charge in [0.15, 0.2) is 0 Å². The molecular formula is C12H14ClFO2. The average Bonchev–Trinajstić information content (AvgIpc) is 2.81. The van der Waals surface area contributed by atoms with Gasteiger partial charge in [-0.1, -0.05) is 6.07 Å². The Hall–Kier alpha value is -0.800. The number of rotatable bonds is 3. The Morgan fingerprint density at radius 1 is 1.56 bits per heavy atom. The molecule has 4 heteroatoms. The lowest BCUT2D eigenvalue weighted by atomic mass is 9.97. The second kappa shape index (κ2) is 5.02. The number of hydrogen-bond acceptors (Lipinski definition) is 2. The summed E-state index contributed by atoms with van der Waals surface area (Å²) in [7, 11) is 1.51. The molecule has 0 bridgehead atoms. The van der Waals surface area contributed by atoms with Crippen LogP contribution in [0.4, 0.5) is 4.39 Å². The summed E-state index contributed by atoms with van der Waals surface area (Å²) in [5, 5.41) is -0.326. The van der Waals surface area contributed by atoms with Gasteiger partial charge in [-0.25, -0.2) is 4.39 Å². The van der Waals surface area contributed by atoms with E-state index in [4.69, 9.17) is 21.1 Å². The van der Waals surface area contributed by atoms with Crippen LogP contribution < -0.4 is 4.74 Å². The SMILES string of the molecule is COc1ccc(C(Cl)C2CCOC2)c(F)c1. The van der Waals surface area contributed by atoms with Gasteiger partial charge in [0.25, 0.3) is 0 Å². The molecule has 0 saturated carbocycles. The predicted octanol–water partition coefficient (Wildman–Crippen LogP) is 3.15. The van der Waals surface area contributed by atoms with E-state index < -0.39 is 0 Å². The number of ether oxygens (including phenoxy) is 2. The van der Waals surface area contributed by atoms with E-state index in [0.29, 0.717) is 24.5 Å². The topological polar surface area (TPSA) is 18.5 Å². The average molecular weight is 245 g/mol. The first-order chi connectivity index (χ1) is 7.72. The van der Waals surface area contributed by atoms with Gasteiger partial charge in [-0.3, -0.25) is 0 Å². The molecule has 88 valence electrons. The fourth-order valence-corrected chi connectivity index (χ4v) is 2.27. The van der Waals surface area contributed by atoms with Crippen LogP contribution in [-0.4, -0.2) is 20.3 Å². The van der Waals surface area contributed by atoms with Crippen molar-refractivity contribution >= 4 is 11.6 Å². The van der Waals surface area contributed by atoms with Crippen LogP contribution in [0.3, 0.4) is 0 Å². The fraction of sp³-hybridized carbons (Fsp3) is 0.500. The zero-order chi connectivity index (χ0) is 11.5. The van der Waals surface area contributed by atoms with Crippen LogP contribution in [-0.2, 0) is 4.74 Å². The number of alkyl halides is 1. The quantitative estimate of drug-likeness (QED) is 0.761. The first-order valence-corrected chi connectivity index (χ1v) is 5.71. The number of hydrogen-bond donors (Lipinski definition) is 0. The Morgan fingerprint density at radius 2 is 2.38 bits per heavy atom. The van der Waals surface area contributed by atoms with Gasteiger partial charge in [0.05, 0.1) is 19.1 Å². The third kappa shape index (κ3) is 2.30. The summed E-state index contributed by atoms with van der Waals surface area (Å²) < 4.78 is 23.9. The molecule has 1 aliphatic heterocycles. The largest absolute Gasteiger partial charge is 0.497 e. The Morgan fingerprint density at radius 3 is 2.94 bits per heavy atom. The predicted molar refractivity (Wildman–Crippen MR) is 60.5 cm³/mol. The minimum Gasteiger partial charge on any atom is -0.497 e. The Labute approximate surface area is 99.3 Å². The van der Waals surface area contributed by atoms with Gasteiger partial charge in [-0.2, -0.15) is 0 Å². The van der Waals surface area contributed by atoms with Gasteiger partial charge in [0.2, 0.25) is 0 Å². The monoisotopic (exact) mass is 244 g/mol. The molecule has 2 rings (SSSR count). The summed E-state index contributed by atoms with van der Waals surface area (Å²) in [6.07, 6.45) is 0.889. The highest BCUT2D eigenvalue weighted by Gasteiger charge is 2.27. The summed E-state index contributed by atoms with van der Waals surface area (Å²) >= 11 is 6.25. The molecule has 1 aromatic rings. The maximum Gasteiger partial charge on any atom is 0.131 e. The number of benzene rings is 1. The zero-order valence-corrected chi connectivity index (χ0v) is 9.84. The molecule has 0 aliphatic carbocycles. The van der Waals surface area contributed by atoms with E-state index in [9.17, 15) is 4.39 Å². The van der Waals surface area contributed by atoms with Gasteiger partial charge in [-0.05, 0) is 12.5 Å². The number of methoxy groups -OCH3 is 1. The van der Waals surface area contributed by atoms with Crippen molar-refractivity contribution in [1.82, 2.24) is 0 Å². The smallest absolute Gasteiger partial charge is 0.131 e. The van der Waals surface area contributed by atoms with Crippen molar-refractivity contribution in [3.05, 3.63) is 29.6 Å². The lowest BCUT2D eigenvalue weighted by Crippen LogP contribution is -2.09. The minimum absolute atomic E-state index is 0.199. The van der Waals surface area contributed by atoms with Crippen LogP contribution in [0, 0.1) is 11.7 Å². The van der Waals surface area contributed by atoms with Crippen LogP contribution in [0.25, 0.3) is 0 Å². The van der Waals surface area contributed by atoms with Crippen LogP contribution in [0.1, 0.15) is 17.4 Å². The number of halogens is 2. The molecule has 1 aliphatic rings. The van der Waals surface area contributed by atoms with E-state index in [0.717, 1.165) is 6.42 Å². The fourth-order valence-electron chi connectivity index (χ4n) is 1.90. The van der Waals surface area contributed by atoms with Gasteiger partial charge in [0, 0.05) is 24.2 Å². The van der Waals surface area contributed by atoms with E-state index in [2.05, 4.69) is 0 Å². The van der Waals surface area contributed by atoms with Crippen molar-refractivity contribution in [3.8, 4) is 5.75 Å². The highest BCUT2D eigenvalue weighted by atomic mass is 35.5. The molecule has 16 heavy (non-hydrogen) atoms. The van der Waals surface area contributed by atoms with Crippen LogP contribution >= 0.6 is 11.6 Å². The summed E-state index contributed by atoms with van der Waals surface area (Å²) in [4.78, 5) is 0. The highest BCUT2D eigenvalue weighted by Crippen LogP contribution is 2.36. The van der Waals surface area contributed by atoms with Crippen molar-refractivity contribution in [2.24, 2.45) is 5.92 Å². The van der Waals surface area contributed by atoms with Crippen LogP contribution in [0.5, 0.6) is 5.75 Å². The maximum atomic E-state index is 13.7. The molecule has 0 radical (unpaired) electrons. The van der Waals surface area contributed by atoms with Crippen molar-refractivity contribution in [1.29, 1.82) is 0 Å². The van der Waals surface area contributed by atoms with Crippen LogP contribution in [0.2, 0.25) is 0 Å². The van der Waals surface area contributed by atoms with Crippen molar-refractivity contribution in [2.75, 3.05) is 20.3 Å². The molecule has 1 aromatic carbocycles. The van der Waals surface area contributed by atoms with Gasteiger partial charge in [0.1, 0.15) is 11.6 Å². The van der Waals surface area contributed by atoms with Crippen molar-refractivity contribution in [3.63, 3.8) is 0 Å². The molecule has 1 saturated heterocycles. The first-order valence-electron chi connectivity index (χ1n) is 5.27. The Balaban J connectivity index is 2.19. The second-order valence-electron chi connectivity index (χ2n) is 3.91. The van der Waals surface area contributed by atoms with Gasteiger partial charge < -0.3 is 9.47 Å². The molecule has 2 atom stereocenters. The third-order valence-corrected chi connectivity index (χ3v) is 3.47.